The Morgan fingerprint density at radius 2 is 1.82 bits per heavy atom. The zero-order valence-electron chi connectivity index (χ0n) is 11.7. The fraction of sp³-hybridized carbons (Fsp3) is 0.0833. The summed E-state index contributed by atoms with van der Waals surface area (Å²) in [6.07, 6.45) is 0. The van der Waals surface area contributed by atoms with Crippen LogP contribution in [-0.4, -0.2) is 14.4 Å². The molecule has 22 heavy (non-hydrogen) atoms. The Balaban J connectivity index is 0.00000242. The molecule has 10 heteroatoms. The molecule has 0 saturated heterocycles. The zero-order valence-corrected chi connectivity index (χ0v) is 16.8. The van der Waals surface area contributed by atoms with Crippen LogP contribution in [0, 0.1) is 6.92 Å². The predicted molar refractivity (Wildman–Crippen MR) is 84.9 cm³/mol. The molecule has 0 saturated carbocycles. The third-order valence-corrected chi connectivity index (χ3v) is 5.95. The largest absolute Gasteiger partial charge is 1.00 e. The van der Waals surface area contributed by atoms with Gasteiger partial charge in [0.1, 0.15) is 4.21 Å². The molecule has 2 aromatic rings. The molecule has 0 radical (unpaired) electrons. The van der Waals surface area contributed by atoms with Crippen molar-refractivity contribution < 1.29 is 42.8 Å². The SMILES string of the molecule is Cc1ccc(S(=O)(=O)NC(=O)Nc2ccc(Cl)c(Cl)c2)s1.[Na+]. The molecule has 0 aliphatic rings. The fourth-order valence-corrected chi connectivity index (χ4v) is 3.95. The molecule has 2 N–H and O–H groups in total. The van der Waals surface area contributed by atoms with Crippen LogP contribution in [0.1, 0.15) is 4.88 Å². The number of sulfonamides is 1. The van der Waals surface area contributed by atoms with E-state index in [4.69, 9.17) is 23.2 Å². The first kappa shape index (κ1) is 19.8. The van der Waals surface area contributed by atoms with E-state index in [1.807, 2.05) is 4.72 Å². The van der Waals surface area contributed by atoms with Gasteiger partial charge >= 0.3 is 35.6 Å². The number of rotatable bonds is 3. The second-order valence-electron chi connectivity index (χ2n) is 4.05. The maximum absolute atomic E-state index is 12.0. The van der Waals surface area contributed by atoms with Gasteiger partial charge < -0.3 is 5.32 Å². The Labute approximate surface area is 164 Å². The number of aryl methyl sites for hydroxylation is 1. The van der Waals surface area contributed by atoms with Crippen molar-refractivity contribution in [2.75, 3.05) is 5.32 Å². The molecule has 0 spiro atoms. The quantitative estimate of drug-likeness (QED) is 0.767. The Morgan fingerprint density at radius 1 is 1.14 bits per heavy atom. The molecule has 0 aliphatic heterocycles. The van der Waals surface area contributed by atoms with E-state index in [9.17, 15) is 13.2 Å². The van der Waals surface area contributed by atoms with Crippen LogP contribution >= 0.6 is 34.5 Å². The molecule has 2 rings (SSSR count). The van der Waals surface area contributed by atoms with Gasteiger partial charge in [-0.05, 0) is 37.3 Å². The molecule has 1 aromatic carbocycles. The van der Waals surface area contributed by atoms with Gasteiger partial charge in [0.05, 0.1) is 10.0 Å². The number of urea groups is 1. The number of anilines is 1. The van der Waals surface area contributed by atoms with Crippen LogP contribution in [0.25, 0.3) is 0 Å². The molecular weight excluding hydrogens is 378 g/mol. The topological polar surface area (TPSA) is 75.3 Å². The first-order chi connectivity index (χ1) is 9.78. The maximum atomic E-state index is 12.0. The van der Waals surface area contributed by atoms with Crippen molar-refractivity contribution in [3.63, 3.8) is 0 Å². The van der Waals surface area contributed by atoms with Crippen LogP contribution in [0.2, 0.25) is 10.0 Å². The standard InChI is InChI=1S/C12H10Cl2N2O3S2.Na/c1-7-2-5-11(20-7)21(18,19)16-12(17)15-8-3-4-9(13)10(14)6-8;/h2-6H,1H3,(H2,15,16,17);/q;+1. The summed E-state index contributed by atoms with van der Waals surface area (Å²) in [5.41, 5.74) is 0.333. The van der Waals surface area contributed by atoms with Crippen LogP contribution in [0.5, 0.6) is 0 Å². The Kier molecular flexibility index (Phi) is 7.20. The number of hydrogen-bond acceptors (Lipinski definition) is 4. The van der Waals surface area contributed by atoms with E-state index >= 15 is 0 Å². The summed E-state index contributed by atoms with van der Waals surface area (Å²) in [7, 11) is -3.88. The van der Waals surface area contributed by atoms with Gasteiger partial charge in [0, 0.05) is 10.6 Å². The summed E-state index contributed by atoms with van der Waals surface area (Å²) in [5.74, 6) is 0. The zero-order chi connectivity index (χ0) is 15.6. The Bertz CT molecular complexity index is 793. The minimum Gasteiger partial charge on any atom is -0.307 e. The van der Waals surface area contributed by atoms with Crippen molar-refractivity contribution >= 4 is 56.3 Å². The van der Waals surface area contributed by atoms with Gasteiger partial charge in [0.2, 0.25) is 0 Å². The summed E-state index contributed by atoms with van der Waals surface area (Å²) in [6, 6.07) is 6.65. The van der Waals surface area contributed by atoms with Crippen LogP contribution in [-0.2, 0) is 10.0 Å². The Morgan fingerprint density at radius 3 is 2.36 bits per heavy atom. The molecule has 0 fully saturated rings. The van der Waals surface area contributed by atoms with Gasteiger partial charge in [-0.1, -0.05) is 23.2 Å². The first-order valence-corrected chi connectivity index (χ1v) is 8.69. The monoisotopic (exact) mass is 387 g/mol. The average molecular weight is 388 g/mol. The average Bonchev–Trinajstić information content (AvgIpc) is 2.81. The van der Waals surface area contributed by atoms with Crippen molar-refractivity contribution in [3.8, 4) is 0 Å². The van der Waals surface area contributed by atoms with Gasteiger partial charge in [-0.3, -0.25) is 0 Å². The smallest absolute Gasteiger partial charge is 0.307 e. The van der Waals surface area contributed by atoms with Crippen molar-refractivity contribution in [2.45, 2.75) is 11.1 Å². The molecular formula is C12H10Cl2N2NaO3S2+. The first-order valence-electron chi connectivity index (χ1n) is 5.63. The maximum Gasteiger partial charge on any atom is 1.00 e. The van der Waals surface area contributed by atoms with Gasteiger partial charge in [0.25, 0.3) is 10.0 Å². The third kappa shape index (κ3) is 5.13. The molecule has 0 bridgehead atoms. The summed E-state index contributed by atoms with van der Waals surface area (Å²) in [4.78, 5) is 12.6. The van der Waals surface area contributed by atoms with Crippen LogP contribution < -0.4 is 39.6 Å². The summed E-state index contributed by atoms with van der Waals surface area (Å²) in [5, 5.41) is 2.97. The molecule has 5 nitrogen and oxygen atoms in total. The van der Waals surface area contributed by atoms with E-state index < -0.39 is 16.1 Å². The molecule has 2 amide bonds. The second-order valence-corrected chi connectivity index (χ2v) is 8.07. The van der Waals surface area contributed by atoms with Crippen molar-refractivity contribution in [3.05, 3.63) is 45.3 Å². The number of thiophene rings is 1. The predicted octanol–water partition coefficient (Wildman–Crippen LogP) is 0.878. The number of nitrogens with one attached hydrogen (secondary N) is 2. The van der Waals surface area contributed by atoms with E-state index in [0.717, 1.165) is 16.2 Å². The van der Waals surface area contributed by atoms with Crippen molar-refractivity contribution in [1.29, 1.82) is 0 Å². The summed E-state index contributed by atoms with van der Waals surface area (Å²) in [6.45, 7) is 1.78. The van der Waals surface area contributed by atoms with E-state index in [1.165, 1.54) is 24.3 Å². The molecule has 0 aliphatic carbocycles. The second kappa shape index (κ2) is 8.01. The molecule has 1 aromatic heterocycles. The minimum atomic E-state index is -3.88. The van der Waals surface area contributed by atoms with Gasteiger partial charge in [-0.25, -0.2) is 17.9 Å². The van der Waals surface area contributed by atoms with Crippen LogP contribution in [0.15, 0.2) is 34.5 Å². The van der Waals surface area contributed by atoms with Gasteiger partial charge in [-0.2, -0.15) is 0 Å². The van der Waals surface area contributed by atoms with Crippen molar-refractivity contribution in [1.82, 2.24) is 4.72 Å². The molecule has 0 atom stereocenters. The number of carbonyl (C=O) groups excluding carboxylic acids is 1. The Hall–Kier alpha value is -0.280. The number of halogens is 2. The van der Waals surface area contributed by atoms with Crippen LogP contribution in [0.3, 0.4) is 0 Å². The number of benzene rings is 1. The molecule has 1 heterocycles. The third-order valence-electron chi connectivity index (χ3n) is 2.39. The van der Waals surface area contributed by atoms with Gasteiger partial charge in [0.15, 0.2) is 0 Å². The van der Waals surface area contributed by atoms with E-state index in [1.54, 1.807) is 13.0 Å². The number of carbonyl (C=O) groups is 1. The molecule has 112 valence electrons. The van der Waals surface area contributed by atoms with E-state index in [2.05, 4.69) is 5.32 Å². The fourth-order valence-electron chi connectivity index (χ4n) is 1.46. The number of amides is 2. The van der Waals surface area contributed by atoms with Crippen LogP contribution in [0.4, 0.5) is 10.5 Å². The van der Waals surface area contributed by atoms with Crippen molar-refractivity contribution in [2.24, 2.45) is 0 Å². The van der Waals surface area contributed by atoms with E-state index in [0.29, 0.717) is 10.7 Å². The van der Waals surface area contributed by atoms with Gasteiger partial charge in [-0.15, -0.1) is 11.3 Å². The minimum absolute atomic E-state index is 0. The molecule has 0 unspecified atom stereocenters. The normalized spacial score (nSPS) is 10.7. The summed E-state index contributed by atoms with van der Waals surface area (Å²) < 4.78 is 25.9. The number of hydrogen-bond donors (Lipinski definition) is 2. The van der Waals surface area contributed by atoms with E-state index in [-0.39, 0.29) is 38.8 Å². The summed E-state index contributed by atoms with van der Waals surface area (Å²) >= 11 is 12.6.